The molecule has 4 heterocycles. The van der Waals surface area contributed by atoms with E-state index in [4.69, 9.17) is 0 Å². The molecule has 1 amide bonds. The lowest BCUT2D eigenvalue weighted by atomic mass is 9.80. The third-order valence-corrected chi connectivity index (χ3v) is 8.14. The van der Waals surface area contributed by atoms with E-state index in [-0.39, 0.29) is 29.8 Å². The normalized spacial score (nSPS) is 24.5. The molecule has 3 aromatic rings. The molecule has 2 atom stereocenters. The average molecular weight is 476 g/mol. The van der Waals surface area contributed by atoms with E-state index in [1.807, 2.05) is 35.4 Å². The first-order chi connectivity index (χ1) is 17.0. The molecule has 2 aromatic heterocycles. The number of amides is 1. The van der Waals surface area contributed by atoms with E-state index in [2.05, 4.69) is 27.0 Å². The van der Waals surface area contributed by atoms with Gasteiger partial charge in [0.15, 0.2) is 0 Å². The third-order valence-electron chi connectivity index (χ3n) is 8.14. The quantitative estimate of drug-likeness (QED) is 0.591. The van der Waals surface area contributed by atoms with Crippen LogP contribution in [0.25, 0.3) is 11.0 Å². The number of hydrogen-bond donors (Lipinski definition) is 2. The Balaban J connectivity index is 1.13. The smallest absolute Gasteiger partial charge is 0.262 e. The molecular weight excluding hydrogens is 442 g/mol. The fraction of sp³-hybridized carbons (Fsp3) is 0.519. The number of rotatable bonds is 5. The van der Waals surface area contributed by atoms with Crippen molar-refractivity contribution in [2.75, 3.05) is 26.2 Å². The summed E-state index contributed by atoms with van der Waals surface area (Å²) < 4.78 is 3.62. The number of benzene rings is 1. The van der Waals surface area contributed by atoms with Gasteiger partial charge in [0.1, 0.15) is 12.0 Å². The molecule has 0 radical (unpaired) electrons. The van der Waals surface area contributed by atoms with E-state index in [1.165, 1.54) is 10.1 Å². The van der Waals surface area contributed by atoms with Gasteiger partial charge in [0.25, 0.3) is 5.56 Å². The Hall–Kier alpha value is -2.97. The van der Waals surface area contributed by atoms with Gasteiger partial charge in [-0.2, -0.15) is 0 Å². The van der Waals surface area contributed by atoms with Gasteiger partial charge in [0.05, 0.1) is 17.5 Å². The maximum absolute atomic E-state index is 13.5. The van der Waals surface area contributed by atoms with Crippen molar-refractivity contribution in [1.29, 1.82) is 0 Å². The molecule has 1 aromatic carbocycles. The van der Waals surface area contributed by atoms with Crippen LogP contribution in [0.5, 0.6) is 0 Å². The molecule has 8 heteroatoms. The molecule has 6 rings (SSSR count). The van der Waals surface area contributed by atoms with Crippen LogP contribution in [0.15, 0.2) is 53.7 Å². The molecule has 0 bridgehead atoms. The number of piperidine rings is 2. The molecule has 8 nitrogen and oxygen atoms in total. The Kier molecular flexibility index (Phi) is 5.73. The van der Waals surface area contributed by atoms with E-state index in [0.29, 0.717) is 37.4 Å². The van der Waals surface area contributed by atoms with Gasteiger partial charge < -0.3 is 19.9 Å². The zero-order valence-corrected chi connectivity index (χ0v) is 20.0. The molecule has 1 aliphatic carbocycles. The summed E-state index contributed by atoms with van der Waals surface area (Å²) in [6.07, 6.45) is 7.50. The summed E-state index contributed by atoms with van der Waals surface area (Å²) in [4.78, 5) is 33.1. The first-order valence-corrected chi connectivity index (χ1v) is 12.9. The highest BCUT2D eigenvalue weighted by atomic mass is 16.3. The predicted octanol–water partition coefficient (Wildman–Crippen LogP) is 2.28. The Bertz CT molecular complexity index is 1270. The van der Waals surface area contributed by atoms with Crippen molar-refractivity contribution in [2.24, 2.45) is 5.92 Å². The minimum absolute atomic E-state index is 0.0467. The second-order valence-corrected chi connectivity index (χ2v) is 10.5. The van der Waals surface area contributed by atoms with Crippen LogP contribution in [0.4, 0.5) is 0 Å². The van der Waals surface area contributed by atoms with Crippen LogP contribution in [-0.4, -0.2) is 61.8 Å². The number of likely N-dealkylation sites (tertiary alicyclic amines) is 1. The van der Waals surface area contributed by atoms with Gasteiger partial charge in [0.2, 0.25) is 5.91 Å². The number of nitrogens with one attached hydrogen (secondary N) is 1. The highest BCUT2D eigenvalue weighted by Crippen LogP contribution is 2.37. The van der Waals surface area contributed by atoms with Gasteiger partial charge in [-0.1, -0.05) is 30.3 Å². The summed E-state index contributed by atoms with van der Waals surface area (Å²) in [6, 6.07) is 12.6. The molecule has 3 fully saturated rings. The number of hydrogen-bond acceptors (Lipinski definition) is 5. The third kappa shape index (κ3) is 4.29. The first-order valence-electron chi connectivity index (χ1n) is 12.9. The van der Waals surface area contributed by atoms with Crippen molar-refractivity contribution in [2.45, 2.75) is 56.2 Å². The topological polar surface area (TPSA) is 92.4 Å². The van der Waals surface area contributed by atoms with Crippen LogP contribution >= 0.6 is 0 Å². The highest BCUT2D eigenvalue weighted by molar-refractivity contribution is 5.80. The number of nitrogens with zero attached hydrogens (tertiary/aromatic N) is 4. The van der Waals surface area contributed by atoms with E-state index < -0.39 is 5.60 Å². The Morgan fingerprint density at radius 1 is 1.11 bits per heavy atom. The van der Waals surface area contributed by atoms with Gasteiger partial charge in [-0.3, -0.25) is 14.2 Å². The molecule has 0 unspecified atom stereocenters. The zero-order chi connectivity index (χ0) is 24.0. The number of fused-ring (bicyclic) bond motifs is 1. The number of carbonyl (C=O) groups is 1. The van der Waals surface area contributed by atoms with Crippen molar-refractivity contribution in [1.82, 2.24) is 24.3 Å². The lowest BCUT2D eigenvalue weighted by Crippen LogP contribution is -2.52. The number of carbonyl (C=O) groups excluding carboxylic acids is 1. The summed E-state index contributed by atoms with van der Waals surface area (Å²) in [5, 5.41) is 15.4. The Labute approximate surface area is 204 Å². The fourth-order valence-corrected chi connectivity index (χ4v) is 5.89. The lowest BCUT2D eigenvalue weighted by molar-refractivity contribution is -0.141. The monoisotopic (exact) mass is 475 g/mol. The SMILES string of the molecule is O=C([C@@H]1CCNC[C@H]1c1ccccc1)N1CCC(O)(Cn2cnc3c(ccn3C3CC3)c2=O)CC1. The summed E-state index contributed by atoms with van der Waals surface area (Å²) in [5.41, 5.74) is 0.796. The molecule has 2 saturated heterocycles. The van der Waals surface area contributed by atoms with Gasteiger partial charge >= 0.3 is 0 Å². The first kappa shape index (κ1) is 22.5. The number of aliphatic hydroxyl groups is 1. The molecule has 3 aliphatic rings. The molecule has 1 saturated carbocycles. The van der Waals surface area contributed by atoms with Gasteiger partial charge in [0, 0.05) is 43.7 Å². The summed E-state index contributed by atoms with van der Waals surface area (Å²) in [6.45, 7) is 2.86. The minimum atomic E-state index is -1.03. The van der Waals surface area contributed by atoms with Crippen LogP contribution in [-0.2, 0) is 11.3 Å². The Morgan fingerprint density at radius 2 is 1.89 bits per heavy atom. The second kappa shape index (κ2) is 8.91. The van der Waals surface area contributed by atoms with E-state index in [1.54, 1.807) is 6.33 Å². The molecule has 35 heavy (non-hydrogen) atoms. The van der Waals surface area contributed by atoms with E-state index in [0.717, 1.165) is 38.0 Å². The van der Waals surface area contributed by atoms with Crippen LogP contribution in [0.3, 0.4) is 0 Å². The van der Waals surface area contributed by atoms with E-state index in [9.17, 15) is 14.7 Å². The fourth-order valence-electron chi connectivity index (χ4n) is 5.89. The van der Waals surface area contributed by atoms with Crippen molar-refractivity contribution in [3.63, 3.8) is 0 Å². The van der Waals surface area contributed by atoms with Crippen molar-refractivity contribution >= 4 is 16.9 Å². The molecular formula is C27H33N5O3. The Morgan fingerprint density at radius 3 is 2.63 bits per heavy atom. The van der Waals surface area contributed by atoms with Gasteiger partial charge in [-0.05, 0) is 50.3 Å². The van der Waals surface area contributed by atoms with Gasteiger partial charge in [-0.15, -0.1) is 0 Å². The predicted molar refractivity (Wildman–Crippen MR) is 133 cm³/mol. The standard InChI is InChI=1S/C27H33N5O3/c33-25(21-8-12-28-16-23(21)19-4-2-1-3-5-19)30-14-10-27(35,11-15-30)17-31-18-29-24-22(26(31)34)9-13-32(24)20-6-7-20/h1-5,9,13,18,20-21,23,28,35H,6-8,10-12,14-17H2/t21-,23+/m1/s1. The van der Waals surface area contributed by atoms with Crippen LogP contribution < -0.4 is 10.9 Å². The minimum Gasteiger partial charge on any atom is -0.388 e. The number of aromatic nitrogens is 3. The molecule has 184 valence electrons. The largest absolute Gasteiger partial charge is 0.388 e. The van der Waals surface area contributed by atoms with Crippen LogP contribution in [0.1, 0.15) is 49.6 Å². The highest BCUT2D eigenvalue weighted by Gasteiger charge is 2.39. The van der Waals surface area contributed by atoms with E-state index >= 15 is 0 Å². The summed E-state index contributed by atoms with van der Waals surface area (Å²) in [7, 11) is 0. The van der Waals surface area contributed by atoms with Crippen molar-refractivity contribution in [3.8, 4) is 0 Å². The molecule has 0 spiro atoms. The summed E-state index contributed by atoms with van der Waals surface area (Å²) >= 11 is 0. The maximum Gasteiger partial charge on any atom is 0.262 e. The summed E-state index contributed by atoms with van der Waals surface area (Å²) in [5.74, 6) is 0.302. The van der Waals surface area contributed by atoms with Gasteiger partial charge in [-0.25, -0.2) is 4.98 Å². The van der Waals surface area contributed by atoms with Crippen molar-refractivity contribution < 1.29 is 9.90 Å². The van der Waals surface area contributed by atoms with Crippen LogP contribution in [0, 0.1) is 5.92 Å². The average Bonchev–Trinajstić information content (AvgIpc) is 3.64. The second-order valence-electron chi connectivity index (χ2n) is 10.5. The lowest BCUT2D eigenvalue weighted by Gasteiger charge is -2.41. The molecule has 2 aliphatic heterocycles. The maximum atomic E-state index is 13.5. The molecule has 2 N–H and O–H groups in total. The zero-order valence-electron chi connectivity index (χ0n) is 20.0. The van der Waals surface area contributed by atoms with Crippen molar-refractivity contribution in [3.05, 3.63) is 64.8 Å². The van der Waals surface area contributed by atoms with Crippen LogP contribution in [0.2, 0.25) is 0 Å².